The van der Waals surface area contributed by atoms with Crippen molar-refractivity contribution in [3.63, 3.8) is 0 Å². The zero-order valence-electron chi connectivity index (χ0n) is 14.0. The fraction of sp³-hybridized carbons (Fsp3) is 0.250. The number of allylic oxidation sites excluding steroid dienone is 2. The molecule has 23 heavy (non-hydrogen) atoms. The average Bonchev–Trinajstić information content (AvgIpc) is 2.53. The van der Waals surface area contributed by atoms with Crippen molar-refractivity contribution in [1.82, 2.24) is 5.32 Å². The standard InChI is InChI=1S/C20H22FNO/c1-13(2)15(4)19-11-17(8-5-14(19)3)20(23)22-12-16-6-9-18(21)10-7-16/h5-11H,12H2,1-4H3,(H,22,23). The van der Waals surface area contributed by atoms with Crippen LogP contribution in [0.1, 0.15) is 47.8 Å². The molecule has 1 amide bonds. The van der Waals surface area contributed by atoms with Gasteiger partial charge in [0.1, 0.15) is 5.82 Å². The Bertz CT molecular complexity index is 741. The first kappa shape index (κ1) is 16.9. The highest BCUT2D eigenvalue weighted by Gasteiger charge is 2.09. The number of aryl methyl sites for hydroxylation is 1. The highest BCUT2D eigenvalue weighted by atomic mass is 19.1. The van der Waals surface area contributed by atoms with Crippen LogP contribution in [0.2, 0.25) is 0 Å². The Morgan fingerprint density at radius 2 is 1.70 bits per heavy atom. The van der Waals surface area contributed by atoms with Crippen molar-refractivity contribution in [3.8, 4) is 0 Å². The Balaban J connectivity index is 2.15. The predicted molar refractivity (Wildman–Crippen MR) is 92.7 cm³/mol. The van der Waals surface area contributed by atoms with Crippen molar-refractivity contribution in [2.75, 3.05) is 0 Å². The van der Waals surface area contributed by atoms with Crippen LogP contribution in [-0.2, 0) is 6.54 Å². The van der Waals surface area contributed by atoms with E-state index in [0.29, 0.717) is 12.1 Å². The number of nitrogens with one attached hydrogen (secondary N) is 1. The van der Waals surface area contributed by atoms with E-state index in [4.69, 9.17) is 0 Å². The Morgan fingerprint density at radius 1 is 1.04 bits per heavy atom. The molecule has 0 radical (unpaired) electrons. The van der Waals surface area contributed by atoms with Crippen molar-refractivity contribution < 1.29 is 9.18 Å². The number of benzene rings is 2. The van der Waals surface area contributed by atoms with E-state index in [1.54, 1.807) is 12.1 Å². The second-order valence-electron chi connectivity index (χ2n) is 5.96. The van der Waals surface area contributed by atoms with Gasteiger partial charge >= 0.3 is 0 Å². The molecule has 0 saturated carbocycles. The van der Waals surface area contributed by atoms with Gasteiger partial charge in [-0.3, -0.25) is 4.79 Å². The van der Waals surface area contributed by atoms with E-state index in [0.717, 1.165) is 16.7 Å². The summed E-state index contributed by atoms with van der Waals surface area (Å²) >= 11 is 0. The predicted octanol–water partition coefficient (Wildman–Crippen LogP) is 4.88. The van der Waals surface area contributed by atoms with Crippen LogP contribution in [0.4, 0.5) is 4.39 Å². The summed E-state index contributed by atoms with van der Waals surface area (Å²) in [5.74, 6) is -0.405. The molecule has 0 aliphatic heterocycles. The zero-order chi connectivity index (χ0) is 17.0. The summed E-state index contributed by atoms with van der Waals surface area (Å²) in [6.07, 6.45) is 0. The Kier molecular flexibility index (Phi) is 5.32. The van der Waals surface area contributed by atoms with Crippen LogP contribution in [-0.4, -0.2) is 5.91 Å². The molecule has 0 aromatic heterocycles. The molecule has 0 bridgehead atoms. The Labute approximate surface area is 137 Å². The van der Waals surface area contributed by atoms with Gasteiger partial charge in [-0.25, -0.2) is 4.39 Å². The van der Waals surface area contributed by atoms with Crippen LogP contribution in [0.15, 0.2) is 48.0 Å². The van der Waals surface area contributed by atoms with E-state index in [1.807, 2.05) is 25.1 Å². The maximum absolute atomic E-state index is 12.9. The van der Waals surface area contributed by atoms with Gasteiger partial charge < -0.3 is 5.32 Å². The third-order valence-electron chi connectivity index (χ3n) is 4.02. The molecule has 0 fully saturated rings. The molecule has 2 nitrogen and oxygen atoms in total. The number of rotatable bonds is 4. The lowest BCUT2D eigenvalue weighted by Gasteiger charge is -2.11. The molecule has 1 N–H and O–H groups in total. The molecule has 2 aromatic rings. The van der Waals surface area contributed by atoms with Crippen LogP contribution < -0.4 is 5.32 Å². The number of carbonyl (C=O) groups excluding carboxylic acids is 1. The summed E-state index contributed by atoms with van der Waals surface area (Å²) in [6.45, 7) is 8.62. The van der Waals surface area contributed by atoms with Crippen LogP contribution in [0.3, 0.4) is 0 Å². The molecule has 0 heterocycles. The van der Waals surface area contributed by atoms with E-state index in [2.05, 4.69) is 26.1 Å². The maximum atomic E-state index is 12.9. The Morgan fingerprint density at radius 3 is 2.30 bits per heavy atom. The number of hydrogen-bond donors (Lipinski definition) is 1. The minimum Gasteiger partial charge on any atom is -0.348 e. The topological polar surface area (TPSA) is 29.1 Å². The lowest BCUT2D eigenvalue weighted by molar-refractivity contribution is 0.0951. The van der Waals surface area contributed by atoms with Gasteiger partial charge in [-0.1, -0.05) is 23.8 Å². The van der Waals surface area contributed by atoms with Gasteiger partial charge in [-0.15, -0.1) is 0 Å². The van der Waals surface area contributed by atoms with Gasteiger partial charge in [0.15, 0.2) is 0 Å². The first-order valence-corrected chi connectivity index (χ1v) is 7.66. The molecule has 0 aliphatic carbocycles. The van der Waals surface area contributed by atoms with Crippen LogP contribution in [0.25, 0.3) is 5.57 Å². The second kappa shape index (κ2) is 7.23. The Hall–Kier alpha value is -2.42. The molecule has 2 rings (SSSR count). The van der Waals surface area contributed by atoms with Gasteiger partial charge in [0.05, 0.1) is 0 Å². The molecule has 3 heteroatoms. The molecule has 2 aromatic carbocycles. The number of halogens is 1. The highest BCUT2D eigenvalue weighted by Crippen LogP contribution is 2.23. The first-order chi connectivity index (χ1) is 10.9. The first-order valence-electron chi connectivity index (χ1n) is 7.66. The fourth-order valence-corrected chi connectivity index (χ4v) is 2.32. The maximum Gasteiger partial charge on any atom is 0.251 e. The summed E-state index contributed by atoms with van der Waals surface area (Å²) in [5.41, 5.74) is 6.17. The van der Waals surface area contributed by atoms with E-state index >= 15 is 0 Å². The summed E-state index contributed by atoms with van der Waals surface area (Å²) in [4.78, 5) is 12.3. The molecule has 0 atom stereocenters. The zero-order valence-corrected chi connectivity index (χ0v) is 14.0. The quantitative estimate of drug-likeness (QED) is 0.857. The number of amides is 1. The molecule has 0 spiro atoms. The summed E-state index contributed by atoms with van der Waals surface area (Å²) < 4.78 is 12.9. The van der Waals surface area contributed by atoms with Gasteiger partial charge in [0, 0.05) is 12.1 Å². The second-order valence-corrected chi connectivity index (χ2v) is 5.96. The number of hydrogen-bond acceptors (Lipinski definition) is 1. The smallest absolute Gasteiger partial charge is 0.251 e. The SMILES string of the molecule is CC(C)=C(C)c1cc(C(=O)NCc2ccc(F)cc2)ccc1C. The van der Waals surface area contributed by atoms with Gasteiger partial charge in [-0.05, 0) is 74.2 Å². The molecule has 0 saturated heterocycles. The average molecular weight is 311 g/mol. The minimum absolute atomic E-state index is 0.128. The van der Waals surface area contributed by atoms with Gasteiger partial charge in [-0.2, -0.15) is 0 Å². The lowest BCUT2D eigenvalue weighted by Crippen LogP contribution is -2.23. The lowest BCUT2D eigenvalue weighted by atomic mass is 9.96. The van der Waals surface area contributed by atoms with E-state index in [1.165, 1.54) is 23.3 Å². The van der Waals surface area contributed by atoms with Crippen LogP contribution in [0.5, 0.6) is 0 Å². The van der Waals surface area contributed by atoms with Crippen LogP contribution in [0, 0.1) is 12.7 Å². The third-order valence-corrected chi connectivity index (χ3v) is 4.02. The van der Waals surface area contributed by atoms with Crippen molar-refractivity contribution in [1.29, 1.82) is 0 Å². The largest absolute Gasteiger partial charge is 0.348 e. The monoisotopic (exact) mass is 311 g/mol. The summed E-state index contributed by atoms with van der Waals surface area (Å²) in [5, 5.41) is 2.87. The van der Waals surface area contributed by atoms with E-state index in [9.17, 15) is 9.18 Å². The summed E-state index contributed by atoms with van der Waals surface area (Å²) in [6, 6.07) is 11.9. The van der Waals surface area contributed by atoms with Crippen molar-refractivity contribution in [3.05, 3.63) is 76.1 Å². The van der Waals surface area contributed by atoms with Gasteiger partial charge in [0.25, 0.3) is 5.91 Å². The summed E-state index contributed by atoms with van der Waals surface area (Å²) in [7, 11) is 0. The normalized spacial score (nSPS) is 10.3. The van der Waals surface area contributed by atoms with Crippen LogP contribution >= 0.6 is 0 Å². The number of carbonyl (C=O) groups is 1. The highest BCUT2D eigenvalue weighted by molar-refractivity contribution is 5.95. The van der Waals surface area contributed by atoms with E-state index in [-0.39, 0.29) is 11.7 Å². The van der Waals surface area contributed by atoms with Crippen molar-refractivity contribution in [2.45, 2.75) is 34.2 Å². The minimum atomic E-state index is -0.277. The third kappa shape index (κ3) is 4.28. The van der Waals surface area contributed by atoms with Crippen molar-refractivity contribution >= 4 is 11.5 Å². The van der Waals surface area contributed by atoms with E-state index < -0.39 is 0 Å². The van der Waals surface area contributed by atoms with Crippen molar-refractivity contribution in [2.24, 2.45) is 0 Å². The molecular formula is C20H22FNO. The molecule has 0 unspecified atom stereocenters. The molecule has 120 valence electrons. The fourth-order valence-electron chi connectivity index (χ4n) is 2.32. The molecular weight excluding hydrogens is 289 g/mol. The molecule has 0 aliphatic rings. The van der Waals surface area contributed by atoms with Gasteiger partial charge in [0.2, 0.25) is 0 Å².